The van der Waals surface area contributed by atoms with Gasteiger partial charge in [-0.25, -0.2) is 13.1 Å². The van der Waals surface area contributed by atoms with Gasteiger partial charge in [-0.1, -0.05) is 12.1 Å². The van der Waals surface area contributed by atoms with E-state index in [2.05, 4.69) is 10.0 Å². The van der Waals surface area contributed by atoms with Crippen LogP contribution in [0.25, 0.3) is 6.08 Å². The van der Waals surface area contributed by atoms with Gasteiger partial charge in [-0.2, -0.15) is 13.2 Å². The maximum absolute atomic E-state index is 12.6. The first-order valence-corrected chi connectivity index (χ1v) is 10.4. The lowest BCUT2D eigenvalue weighted by molar-refractivity contribution is -0.137. The Balaban J connectivity index is 1.73. The fourth-order valence-corrected chi connectivity index (χ4v) is 3.90. The zero-order valence-electron chi connectivity index (χ0n) is 15.9. The van der Waals surface area contributed by atoms with Crippen LogP contribution in [0.4, 0.5) is 18.9 Å². The van der Waals surface area contributed by atoms with Gasteiger partial charge in [0.15, 0.2) is 0 Å². The van der Waals surface area contributed by atoms with E-state index in [1.807, 2.05) is 0 Å². The lowest BCUT2D eigenvalue weighted by Crippen LogP contribution is -2.25. The van der Waals surface area contributed by atoms with Crippen molar-refractivity contribution in [3.8, 4) is 5.75 Å². The van der Waals surface area contributed by atoms with E-state index in [0.717, 1.165) is 31.1 Å². The molecule has 0 heterocycles. The van der Waals surface area contributed by atoms with Crippen molar-refractivity contribution in [2.75, 3.05) is 12.4 Å². The fourth-order valence-electron chi connectivity index (χ4n) is 2.57. The SMILES string of the molecule is COc1ccc(S(=O)(=O)NC2CC2)cc1NC(=O)/C=C/c1ccc(C(F)(F)F)cc1. The molecule has 2 N–H and O–H groups in total. The van der Waals surface area contributed by atoms with Gasteiger partial charge >= 0.3 is 6.18 Å². The van der Waals surface area contributed by atoms with Crippen LogP contribution in [0.1, 0.15) is 24.0 Å². The minimum Gasteiger partial charge on any atom is -0.495 e. The highest BCUT2D eigenvalue weighted by Crippen LogP contribution is 2.30. The van der Waals surface area contributed by atoms with E-state index >= 15 is 0 Å². The van der Waals surface area contributed by atoms with Crippen molar-refractivity contribution >= 4 is 27.7 Å². The van der Waals surface area contributed by atoms with Gasteiger partial charge in [0.1, 0.15) is 5.75 Å². The highest BCUT2D eigenvalue weighted by molar-refractivity contribution is 7.89. The quantitative estimate of drug-likeness (QED) is 0.642. The molecule has 30 heavy (non-hydrogen) atoms. The number of rotatable bonds is 7. The summed E-state index contributed by atoms with van der Waals surface area (Å²) in [6.07, 6.45) is -0.389. The van der Waals surface area contributed by atoms with Gasteiger partial charge in [0.2, 0.25) is 15.9 Å². The molecule has 2 aromatic rings. The van der Waals surface area contributed by atoms with E-state index in [1.165, 1.54) is 43.5 Å². The first kappa shape index (κ1) is 21.8. The van der Waals surface area contributed by atoms with Crippen molar-refractivity contribution < 1.29 is 31.1 Å². The fraction of sp³-hybridized carbons (Fsp3) is 0.250. The maximum atomic E-state index is 12.6. The van der Waals surface area contributed by atoms with Gasteiger partial charge < -0.3 is 10.1 Å². The van der Waals surface area contributed by atoms with Crippen molar-refractivity contribution in [1.29, 1.82) is 0 Å². The molecule has 0 saturated heterocycles. The van der Waals surface area contributed by atoms with Crippen molar-refractivity contribution in [2.24, 2.45) is 0 Å². The largest absolute Gasteiger partial charge is 0.495 e. The number of alkyl halides is 3. The molecule has 0 atom stereocenters. The van der Waals surface area contributed by atoms with Crippen LogP contribution >= 0.6 is 0 Å². The zero-order valence-corrected chi connectivity index (χ0v) is 16.7. The van der Waals surface area contributed by atoms with Gasteiger partial charge in [-0.15, -0.1) is 0 Å². The summed E-state index contributed by atoms with van der Waals surface area (Å²) in [5.74, 6) is -0.338. The molecule has 2 aromatic carbocycles. The van der Waals surface area contributed by atoms with Gasteiger partial charge in [0, 0.05) is 12.1 Å². The Morgan fingerprint density at radius 2 is 1.80 bits per heavy atom. The Morgan fingerprint density at radius 1 is 1.13 bits per heavy atom. The van der Waals surface area contributed by atoms with E-state index in [1.54, 1.807) is 0 Å². The van der Waals surface area contributed by atoms with Crippen LogP contribution in [0.15, 0.2) is 53.4 Å². The maximum Gasteiger partial charge on any atom is 0.416 e. The average molecular weight is 440 g/mol. The van der Waals surface area contributed by atoms with Crippen molar-refractivity contribution in [1.82, 2.24) is 4.72 Å². The third-order valence-electron chi connectivity index (χ3n) is 4.30. The molecular weight excluding hydrogens is 421 g/mol. The number of anilines is 1. The van der Waals surface area contributed by atoms with Crippen LogP contribution in [0.5, 0.6) is 5.75 Å². The van der Waals surface area contributed by atoms with Crippen LogP contribution in [0.3, 0.4) is 0 Å². The minimum absolute atomic E-state index is 0.0165. The molecule has 1 aliphatic carbocycles. The lowest BCUT2D eigenvalue weighted by Gasteiger charge is -2.12. The number of halogens is 3. The van der Waals surface area contributed by atoms with E-state index in [-0.39, 0.29) is 22.4 Å². The molecule has 10 heteroatoms. The Morgan fingerprint density at radius 3 is 2.37 bits per heavy atom. The number of hydrogen-bond donors (Lipinski definition) is 2. The normalized spacial score (nSPS) is 14.7. The number of sulfonamides is 1. The highest BCUT2D eigenvalue weighted by Gasteiger charge is 2.30. The molecule has 6 nitrogen and oxygen atoms in total. The van der Waals surface area contributed by atoms with Crippen LogP contribution in [0, 0.1) is 0 Å². The van der Waals surface area contributed by atoms with Crippen LogP contribution in [0.2, 0.25) is 0 Å². The third-order valence-corrected chi connectivity index (χ3v) is 5.82. The van der Waals surface area contributed by atoms with Gasteiger partial charge in [-0.3, -0.25) is 4.79 Å². The number of benzene rings is 2. The number of amides is 1. The summed E-state index contributed by atoms with van der Waals surface area (Å²) < 4.78 is 70.2. The second kappa shape index (κ2) is 8.49. The number of methoxy groups -OCH3 is 1. The summed E-state index contributed by atoms with van der Waals surface area (Å²) in [7, 11) is -2.34. The number of carbonyl (C=O) groups is 1. The van der Waals surface area contributed by atoms with Crippen LogP contribution < -0.4 is 14.8 Å². The molecular formula is C20H19F3N2O4S. The summed E-state index contributed by atoms with van der Waals surface area (Å²) in [6.45, 7) is 0. The van der Waals surface area contributed by atoms with E-state index in [9.17, 15) is 26.4 Å². The molecule has 0 spiro atoms. The summed E-state index contributed by atoms with van der Waals surface area (Å²) >= 11 is 0. The van der Waals surface area contributed by atoms with Crippen molar-refractivity contribution in [2.45, 2.75) is 30.0 Å². The molecule has 1 amide bonds. The Kier molecular flexibility index (Phi) is 6.18. The van der Waals surface area contributed by atoms with Crippen molar-refractivity contribution in [3.05, 3.63) is 59.7 Å². The third kappa shape index (κ3) is 5.61. The second-order valence-corrected chi connectivity index (χ2v) is 8.41. The molecule has 0 bridgehead atoms. The molecule has 0 radical (unpaired) electrons. The molecule has 1 saturated carbocycles. The van der Waals surface area contributed by atoms with Gasteiger partial charge in [0.05, 0.1) is 23.3 Å². The Hall–Kier alpha value is -2.85. The number of carbonyl (C=O) groups excluding carboxylic acids is 1. The van der Waals surface area contributed by atoms with Crippen LogP contribution in [-0.4, -0.2) is 27.5 Å². The summed E-state index contributed by atoms with van der Waals surface area (Å²) in [5.41, 5.74) is -0.236. The van der Waals surface area contributed by atoms with E-state index < -0.39 is 27.7 Å². The van der Waals surface area contributed by atoms with E-state index in [4.69, 9.17) is 4.74 Å². The predicted octanol–water partition coefficient (Wildman–Crippen LogP) is 3.81. The summed E-state index contributed by atoms with van der Waals surface area (Å²) in [4.78, 5) is 12.2. The monoisotopic (exact) mass is 440 g/mol. The van der Waals surface area contributed by atoms with Crippen LogP contribution in [-0.2, 0) is 21.0 Å². The molecule has 0 aromatic heterocycles. The highest BCUT2D eigenvalue weighted by atomic mass is 32.2. The number of hydrogen-bond acceptors (Lipinski definition) is 4. The molecule has 160 valence electrons. The van der Waals surface area contributed by atoms with Gasteiger partial charge in [-0.05, 0) is 54.8 Å². The first-order valence-electron chi connectivity index (χ1n) is 8.95. The summed E-state index contributed by atoms with van der Waals surface area (Å²) in [5, 5.41) is 2.53. The second-order valence-electron chi connectivity index (χ2n) is 6.70. The average Bonchev–Trinajstić information content (AvgIpc) is 3.49. The minimum atomic E-state index is -4.43. The smallest absolute Gasteiger partial charge is 0.416 e. The van der Waals surface area contributed by atoms with E-state index in [0.29, 0.717) is 5.56 Å². The van der Waals surface area contributed by atoms with Crippen molar-refractivity contribution in [3.63, 3.8) is 0 Å². The molecule has 0 aliphatic heterocycles. The Bertz CT molecular complexity index is 1060. The molecule has 3 rings (SSSR count). The first-order chi connectivity index (χ1) is 14.1. The zero-order chi connectivity index (χ0) is 21.9. The lowest BCUT2D eigenvalue weighted by atomic mass is 10.1. The molecule has 1 aliphatic rings. The standard InChI is InChI=1S/C20H19F3N2O4S/c1-29-18-10-9-16(30(27,28)25-15-7-8-15)12-17(18)24-19(26)11-4-13-2-5-14(6-3-13)20(21,22)23/h2-6,9-12,15,25H,7-8H2,1H3,(H,24,26)/b11-4+. The topological polar surface area (TPSA) is 84.5 Å². The molecule has 0 unspecified atom stereocenters. The van der Waals surface area contributed by atoms with Gasteiger partial charge in [0.25, 0.3) is 0 Å². The summed E-state index contributed by atoms with van der Waals surface area (Å²) in [6, 6.07) is 8.33. The number of nitrogens with one attached hydrogen (secondary N) is 2. The molecule has 1 fully saturated rings. The Labute approximate surface area is 171 Å². The number of ether oxygens (including phenoxy) is 1. The predicted molar refractivity (Wildman–Crippen MR) is 105 cm³/mol.